The minimum Gasteiger partial charge on any atom is -0.352 e. The van der Waals surface area contributed by atoms with E-state index in [4.69, 9.17) is 0 Å². The lowest BCUT2D eigenvalue weighted by Gasteiger charge is -2.13. The molecule has 94 valence electrons. The lowest BCUT2D eigenvalue weighted by molar-refractivity contribution is -0.120. The van der Waals surface area contributed by atoms with E-state index in [2.05, 4.69) is 10.6 Å². The number of hydrogen-bond donors (Lipinski definition) is 2. The van der Waals surface area contributed by atoms with E-state index in [9.17, 15) is 9.00 Å². The second-order valence-corrected chi connectivity index (χ2v) is 6.29. The van der Waals surface area contributed by atoms with Crippen LogP contribution in [0.4, 0.5) is 0 Å². The molecule has 5 heteroatoms. The number of amides is 1. The molecule has 0 aromatic heterocycles. The number of carbonyl (C=O) groups is 1. The number of nitrogens with one attached hydrogen (secondary N) is 2. The third kappa shape index (κ3) is 5.07. The molecule has 1 fully saturated rings. The van der Waals surface area contributed by atoms with Crippen molar-refractivity contribution in [3.05, 3.63) is 0 Å². The fraction of sp³-hybridized carbons (Fsp3) is 0.909. The Morgan fingerprint density at radius 2 is 2.06 bits per heavy atom. The highest BCUT2D eigenvalue weighted by Gasteiger charge is 2.16. The standard InChI is InChI=1S/C11H22N2O2S/c1-9(16(2)15)7-12-8-11(14)13-10-5-3-4-6-10/h9-10,12H,3-8H2,1-2H3,(H,13,14). The monoisotopic (exact) mass is 246 g/mol. The Labute approximate surface area is 100 Å². The molecule has 0 bridgehead atoms. The van der Waals surface area contributed by atoms with Gasteiger partial charge in [0.15, 0.2) is 0 Å². The van der Waals surface area contributed by atoms with E-state index in [0.717, 1.165) is 12.8 Å². The molecular formula is C11H22N2O2S. The quantitative estimate of drug-likeness (QED) is 0.713. The summed E-state index contributed by atoms with van der Waals surface area (Å²) in [4.78, 5) is 11.5. The summed E-state index contributed by atoms with van der Waals surface area (Å²) in [6, 6.07) is 0.382. The fourth-order valence-corrected chi connectivity index (χ4v) is 2.21. The van der Waals surface area contributed by atoms with Crippen LogP contribution in [0, 0.1) is 0 Å². The number of rotatable bonds is 6. The van der Waals surface area contributed by atoms with E-state index in [0.29, 0.717) is 19.1 Å². The summed E-state index contributed by atoms with van der Waals surface area (Å²) in [5, 5.41) is 6.14. The van der Waals surface area contributed by atoms with Gasteiger partial charge in [-0.3, -0.25) is 9.00 Å². The molecule has 16 heavy (non-hydrogen) atoms. The molecule has 1 amide bonds. The molecule has 0 spiro atoms. The Kier molecular flexibility index (Phi) is 5.98. The van der Waals surface area contributed by atoms with Crippen molar-refractivity contribution in [3.8, 4) is 0 Å². The van der Waals surface area contributed by atoms with Gasteiger partial charge in [0.05, 0.1) is 6.54 Å². The summed E-state index contributed by atoms with van der Waals surface area (Å²) in [5.74, 6) is 0.0565. The summed E-state index contributed by atoms with van der Waals surface area (Å²) in [6.45, 7) is 2.87. The smallest absolute Gasteiger partial charge is 0.234 e. The average Bonchev–Trinajstić information content (AvgIpc) is 2.70. The molecule has 2 N–H and O–H groups in total. The molecule has 0 aromatic carbocycles. The summed E-state index contributed by atoms with van der Waals surface area (Å²) in [6.07, 6.45) is 6.36. The topological polar surface area (TPSA) is 58.2 Å². The van der Waals surface area contributed by atoms with Crippen LogP contribution in [-0.2, 0) is 15.6 Å². The number of carbonyl (C=O) groups excluding carboxylic acids is 1. The molecule has 0 radical (unpaired) electrons. The van der Waals surface area contributed by atoms with Gasteiger partial charge in [-0.1, -0.05) is 12.8 Å². The van der Waals surface area contributed by atoms with Crippen LogP contribution >= 0.6 is 0 Å². The minimum absolute atomic E-state index is 0.0565. The van der Waals surface area contributed by atoms with Gasteiger partial charge in [-0.05, 0) is 19.8 Å². The summed E-state index contributed by atoms with van der Waals surface area (Å²) in [5.41, 5.74) is 0. The first kappa shape index (κ1) is 13.6. The second-order valence-electron chi connectivity index (χ2n) is 4.49. The Bertz CT molecular complexity index is 252. The first-order valence-corrected chi connectivity index (χ1v) is 7.54. The molecule has 1 rings (SSSR count). The van der Waals surface area contributed by atoms with Crippen LogP contribution in [-0.4, -0.2) is 40.8 Å². The minimum atomic E-state index is -0.823. The van der Waals surface area contributed by atoms with Gasteiger partial charge in [0, 0.05) is 34.9 Å². The molecule has 1 saturated carbocycles. The van der Waals surface area contributed by atoms with E-state index in [1.54, 1.807) is 6.26 Å². The Hall–Kier alpha value is -0.420. The van der Waals surface area contributed by atoms with Gasteiger partial charge in [-0.25, -0.2) is 0 Å². The van der Waals surface area contributed by atoms with Crippen molar-refractivity contribution in [1.29, 1.82) is 0 Å². The molecule has 0 aromatic rings. The van der Waals surface area contributed by atoms with Gasteiger partial charge in [0.2, 0.25) is 5.91 Å². The van der Waals surface area contributed by atoms with E-state index in [1.807, 2.05) is 6.92 Å². The maximum Gasteiger partial charge on any atom is 0.234 e. The van der Waals surface area contributed by atoms with Crippen molar-refractivity contribution < 1.29 is 9.00 Å². The van der Waals surface area contributed by atoms with Crippen LogP contribution in [0.2, 0.25) is 0 Å². The molecular weight excluding hydrogens is 224 g/mol. The summed E-state index contributed by atoms with van der Waals surface area (Å²) >= 11 is 0. The molecule has 1 aliphatic carbocycles. The van der Waals surface area contributed by atoms with Crippen LogP contribution in [0.5, 0.6) is 0 Å². The van der Waals surface area contributed by atoms with E-state index >= 15 is 0 Å². The summed E-state index contributed by atoms with van der Waals surface area (Å²) in [7, 11) is -0.823. The van der Waals surface area contributed by atoms with Gasteiger partial charge in [-0.2, -0.15) is 0 Å². The molecule has 0 aliphatic heterocycles. The van der Waals surface area contributed by atoms with E-state index < -0.39 is 10.8 Å². The van der Waals surface area contributed by atoms with Gasteiger partial charge in [0.25, 0.3) is 0 Å². The highest BCUT2D eigenvalue weighted by molar-refractivity contribution is 7.84. The first-order valence-electron chi connectivity index (χ1n) is 5.92. The van der Waals surface area contributed by atoms with Crippen LogP contribution < -0.4 is 10.6 Å². The highest BCUT2D eigenvalue weighted by Crippen LogP contribution is 2.17. The predicted octanol–water partition coefficient (Wildman–Crippen LogP) is 0.402. The molecule has 2 unspecified atom stereocenters. The fourth-order valence-electron chi connectivity index (χ4n) is 1.86. The van der Waals surface area contributed by atoms with Crippen molar-refractivity contribution in [3.63, 3.8) is 0 Å². The summed E-state index contributed by atoms with van der Waals surface area (Å²) < 4.78 is 11.1. The van der Waals surface area contributed by atoms with Crippen LogP contribution in [0.15, 0.2) is 0 Å². The highest BCUT2D eigenvalue weighted by atomic mass is 32.2. The van der Waals surface area contributed by atoms with Crippen molar-refractivity contribution in [2.75, 3.05) is 19.3 Å². The molecule has 4 nitrogen and oxygen atoms in total. The van der Waals surface area contributed by atoms with Gasteiger partial charge >= 0.3 is 0 Å². The zero-order valence-electron chi connectivity index (χ0n) is 10.1. The number of hydrogen-bond acceptors (Lipinski definition) is 3. The molecule has 0 saturated heterocycles. The van der Waals surface area contributed by atoms with Crippen molar-refractivity contribution in [2.45, 2.75) is 43.9 Å². The zero-order chi connectivity index (χ0) is 12.0. The normalized spacial score (nSPS) is 20.6. The zero-order valence-corrected chi connectivity index (χ0v) is 10.9. The van der Waals surface area contributed by atoms with Crippen LogP contribution in [0.25, 0.3) is 0 Å². The van der Waals surface area contributed by atoms with Gasteiger partial charge < -0.3 is 10.6 Å². The molecule has 1 aliphatic rings. The Balaban J connectivity index is 2.08. The maximum absolute atomic E-state index is 11.5. The third-order valence-electron chi connectivity index (χ3n) is 3.00. The molecule has 0 heterocycles. The maximum atomic E-state index is 11.5. The van der Waals surface area contributed by atoms with Crippen LogP contribution in [0.1, 0.15) is 32.6 Å². The second kappa shape index (κ2) is 7.01. The van der Waals surface area contributed by atoms with Gasteiger partial charge in [-0.15, -0.1) is 0 Å². The van der Waals surface area contributed by atoms with Crippen molar-refractivity contribution in [2.24, 2.45) is 0 Å². The lowest BCUT2D eigenvalue weighted by Crippen LogP contribution is -2.41. The Morgan fingerprint density at radius 1 is 1.44 bits per heavy atom. The van der Waals surface area contributed by atoms with Crippen molar-refractivity contribution >= 4 is 16.7 Å². The van der Waals surface area contributed by atoms with E-state index in [1.165, 1.54) is 12.8 Å². The van der Waals surface area contributed by atoms with Crippen LogP contribution in [0.3, 0.4) is 0 Å². The third-order valence-corrected chi connectivity index (χ3v) is 4.30. The van der Waals surface area contributed by atoms with Crippen molar-refractivity contribution in [1.82, 2.24) is 10.6 Å². The average molecular weight is 246 g/mol. The van der Waals surface area contributed by atoms with E-state index in [-0.39, 0.29) is 11.2 Å². The Morgan fingerprint density at radius 3 is 2.62 bits per heavy atom. The predicted molar refractivity (Wildman–Crippen MR) is 66.8 cm³/mol. The first-order chi connectivity index (χ1) is 7.59. The molecule has 2 atom stereocenters. The SMILES string of the molecule is CC(CNCC(=O)NC1CCCC1)S(C)=O. The van der Waals surface area contributed by atoms with Gasteiger partial charge in [0.1, 0.15) is 0 Å². The largest absolute Gasteiger partial charge is 0.352 e. The lowest BCUT2D eigenvalue weighted by atomic mass is 10.2.